The first-order valence-corrected chi connectivity index (χ1v) is 6.14. The Morgan fingerprint density at radius 1 is 1.11 bits per heavy atom. The van der Waals surface area contributed by atoms with E-state index in [1.807, 2.05) is 18.2 Å². The Kier molecular flexibility index (Phi) is 6.54. The zero-order chi connectivity index (χ0) is 13.4. The van der Waals surface area contributed by atoms with Crippen molar-refractivity contribution in [3.05, 3.63) is 23.8 Å². The van der Waals surface area contributed by atoms with Crippen LogP contribution >= 0.6 is 0 Å². The van der Waals surface area contributed by atoms with Gasteiger partial charge in [0.05, 0.1) is 14.2 Å². The van der Waals surface area contributed by atoms with E-state index in [1.54, 1.807) is 21.3 Å². The summed E-state index contributed by atoms with van der Waals surface area (Å²) in [6, 6.07) is 6.39. The number of ether oxygens (including phenoxy) is 3. The van der Waals surface area contributed by atoms with E-state index in [0.717, 1.165) is 31.1 Å². The van der Waals surface area contributed by atoms with Gasteiger partial charge >= 0.3 is 0 Å². The Morgan fingerprint density at radius 3 is 2.44 bits per heavy atom. The summed E-state index contributed by atoms with van der Waals surface area (Å²) in [6.45, 7) is 3.74. The van der Waals surface area contributed by atoms with Crippen LogP contribution in [0.25, 0.3) is 0 Å². The van der Waals surface area contributed by atoms with Crippen LogP contribution in [0.4, 0.5) is 0 Å². The number of benzene rings is 1. The smallest absolute Gasteiger partial charge is 0.161 e. The molecule has 18 heavy (non-hydrogen) atoms. The molecular weight excluding hydrogens is 230 g/mol. The molecule has 0 spiro atoms. The molecule has 0 aromatic heterocycles. The van der Waals surface area contributed by atoms with E-state index in [0.29, 0.717) is 6.04 Å². The lowest BCUT2D eigenvalue weighted by atomic mass is 10.1. The van der Waals surface area contributed by atoms with Gasteiger partial charge in [0.2, 0.25) is 0 Å². The van der Waals surface area contributed by atoms with E-state index >= 15 is 0 Å². The molecule has 1 atom stereocenters. The average molecular weight is 253 g/mol. The minimum absolute atomic E-state index is 0.429. The van der Waals surface area contributed by atoms with Crippen LogP contribution in [-0.2, 0) is 11.3 Å². The van der Waals surface area contributed by atoms with E-state index in [9.17, 15) is 0 Å². The maximum Gasteiger partial charge on any atom is 0.161 e. The van der Waals surface area contributed by atoms with Gasteiger partial charge in [0.25, 0.3) is 0 Å². The average Bonchev–Trinajstić information content (AvgIpc) is 2.42. The monoisotopic (exact) mass is 253 g/mol. The van der Waals surface area contributed by atoms with Crippen molar-refractivity contribution in [2.75, 3.05) is 27.9 Å². The third-order valence-electron chi connectivity index (χ3n) is 2.86. The van der Waals surface area contributed by atoms with Crippen molar-refractivity contribution < 1.29 is 14.2 Å². The number of hydrogen-bond donors (Lipinski definition) is 1. The van der Waals surface area contributed by atoms with Gasteiger partial charge in [0.1, 0.15) is 0 Å². The minimum Gasteiger partial charge on any atom is -0.493 e. The number of hydrogen-bond acceptors (Lipinski definition) is 4. The van der Waals surface area contributed by atoms with Crippen molar-refractivity contribution >= 4 is 0 Å². The van der Waals surface area contributed by atoms with Gasteiger partial charge in [-0.05, 0) is 31.0 Å². The molecule has 1 aromatic rings. The van der Waals surface area contributed by atoms with Crippen molar-refractivity contribution in [2.24, 2.45) is 0 Å². The zero-order valence-corrected chi connectivity index (χ0v) is 11.7. The zero-order valence-electron chi connectivity index (χ0n) is 11.7. The molecule has 0 aliphatic heterocycles. The second kappa shape index (κ2) is 7.95. The summed E-state index contributed by atoms with van der Waals surface area (Å²) < 4.78 is 15.5. The molecule has 0 aliphatic rings. The molecule has 0 radical (unpaired) electrons. The van der Waals surface area contributed by atoms with Crippen molar-refractivity contribution in [2.45, 2.75) is 25.9 Å². The predicted octanol–water partition coefficient (Wildman–Crippen LogP) is 2.22. The van der Waals surface area contributed by atoms with Gasteiger partial charge in [0.15, 0.2) is 11.5 Å². The Labute approximate surface area is 109 Å². The first-order chi connectivity index (χ1) is 8.71. The Hall–Kier alpha value is -1.26. The van der Waals surface area contributed by atoms with E-state index < -0.39 is 0 Å². The van der Waals surface area contributed by atoms with Gasteiger partial charge in [0, 0.05) is 26.3 Å². The molecule has 1 unspecified atom stereocenters. The normalized spacial score (nSPS) is 12.2. The van der Waals surface area contributed by atoms with Crippen LogP contribution in [0.2, 0.25) is 0 Å². The first kappa shape index (κ1) is 14.8. The van der Waals surface area contributed by atoms with Crippen molar-refractivity contribution in [3.8, 4) is 11.5 Å². The highest BCUT2D eigenvalue weighted by molar-refractivity contribution is 5.42. The van der Waals surface area contributed by atoms with Crippen molar-refractivity contribution in [1.29, 1.82) is 0 Å². The highest BCUT2D eigenvalue weighted by atomic mass is 16.5. The SMILES string of the molecule is COCCC(C)NCc1ccc(OC)c(OC)c1. The van der Waals surface area contributed by atoms with Gasteiger partial charge in [-0.3, -0.25) is 0 Å². The highest BCUT2D eigenvalue weighted by Gasteiger charge is 2.06. The maximum absolute atomic E-state index is 5.28. The van der Waals surface area contributed by atoms with Crippen LogP contribution in [0.3, 0.4) is 0 Å². The maximum atomic E-state index is 5.28. The topological polar surface area (TPSA) is 39.7 Å². The second-order valence-corrected chi connectivity index (χ2v) is 4.25. The Balaban J connectivity index is 2.52. The fraction of sp³-hybridized carbons (Fsp3) is 0.571. The quantitative estimate of drug-likeness (QED) is 0.771. The summed E-state index contributed by atoms with van der Waals surface area (Å²) in [7, 11) is 5.01. The molecule has 0 heterocycles. The van der Waals surface area contributed by atoms with Crippen LogP contribution in [0.15, 0.2) is 18.2 Å². The molecule has 1 aromatic carbocycles. The summed E-state index contributed by atoms with van der Waals surface area (Å²) in [5.74, 6) is 1.52. The fourth-order valence-corrected chi connectivity index (χ4v) is 1.68. The molecule has 0 bridgehead atoms. The molecule has 4 nitrogen and oxygen atoms in total. The van der Waals surface area contributed by atoms with Crippen LogP contribution < -0.4 is 14.8 Å². The molecule has 4 heteroatoms. The minimum atomic E-state index is 0.429. The Bertz CT molecular complexity index is 355. The predicted molar refractivity (Wildman–Crippen MR) is 72.3 cm³/mol. The summed E-state index contributed by atoms with van der Waals surface area (Å²) in [6.07, 6.45) is 1.00. The Morgan fingerprint density at radius 2 is 1.83 bits per heavy atom. The standard InChI is InChI=1S/C14H23NO3/c1-11(7-8-16-2)15-10-12-5-6-13(17-3)14(9-12)18-4/h5-6,9,11,15H,7-8,10H2,1-4H3. The highest BCUT2D eigenvalue weighted by Crippen LogP contribution is 2.27. The first-order valence-electron chi connectivity index (χ1n) is 6.14. The number of methoxy groups -OCH3 is 3. The largest absolute Gasteiger partial charge is 0.493 e. The molecule has 0 aliphatic carbocycles. The summed E-state index contributed by atoms with van der Waals surface area (Å²) in [4.78, 5) is 0. The lowest BCUT2D eigenvalue weighted by molar-refractivity contribution is 0.184. The molecule has 0 saturated heterocycles. The van der Waals surface area contributed by atoms with E-state index in [1.165, 1.54) is 5.56 Å². The van der Waals surface area contributed by atoms with Gasteiger partial charge in [-0.25, -0.2) is 0 Å². The van der Waals surface area contributed by atoms with E-state index in [2.05, 4.69) is 12.2 Å². The lowest BCUT2D eigenvalue weighted by Crippen LogP contribution is -2.26. The van der Waals surface area contributed by atoms with Crippen LogP contribution in [-0.4, -0.2) is 34.0 Å². The van der Waals surface area contributed by atoms with E-state index in [4.69, 9.17) is 14.2 Å². The van der Waals surface area contributed by atoms with Gasteiger partial charge in [-0.1, -0.05) is 6.07 Å². The van der Waals surface area contributed by atoms with E-state index in [-0.39, 0.29) is 0 Å². The molecule has 1 rings (SSSR count). The molecule has 102 valence electrons. The molecular formula is C14H23NO3. The number of rotatable bonds is 8. The van der Waals surface area contributed by atoms with Crippen molar-refractivity contribution in [1.82, 2.24) is 5.32 Å². The lowest BCUT2D eigenvalue weighted by Gasteiger charge is -2.14. The van der Waals surface area contributed by atoms with Crippen LogP contribution in [0.1, 0.15) is 18.9 Å². The molecule has 0 fully saturated rings. The third kappa shape index (κ3) is 4.55. The number of nitrogens with one attached hydrogen (secondary N) is 1. The second-order valence-electron chi connectivity index (χ2n) is 4.25. The summed E-state index contributed by atoms with van der Waals surface area (Å²) >= 11 is 0. The van der Waals surface area contributed by atoms with Gasteiger partial charge in [-0.15, -0.1) is 0 Å². The molecule has 1 N–H and O–H groups in total. The van der Waals surface area contributed by atoms with Crippen LogP contribution in [0, 0.1) is 0 Å². The third-order valence-corrected chi connectivity index (χ3v) is 2.86. The van der Waals surface area contributed by atoms with Crippen molar-refractivity contribution in [3.63, 3.8) is 0 Å². The van der Waals surface area contributed by atoms with Gasteiger partial charge in [-0.2, -0.15) is 0 Å². The van der Waals surface area contributed by atoms with Crippen LogP contribution in [0.5, 0.6) is 11.5 Å². The molecule has 0 saturated carbocycles. The summed E-state index contributed by atoms with van der Waals surface area (Å²) in [5.41, 5.74) is 1.18. The molecule has 0 amide bonds. The van der Waals surface area contributed by atoms with Gasteiger partial charge < -0.3 is 19.5 Å². The fourth-order valence-electron chi connectivity index (χ4n) is 1.68. The summed E-state index contributed by atoms with van der Waals surface area (Å²) in [5, 5.41) is 3.45.